The summed E-state index contributed by atoms with van der Waals surface area (Å²) in [6, 6.07) is 22.9. The standard InChI is InChI=1S/C26H24FN3O2/c1-29(2)22-14-12-21(13-15-22)28-24-23(19-8-10-20(27)11-9-19)25(31)30(26(24)32)17-16-18-6-4-3-5-7-18/h3-15,28H,16-17H2,1-2H3. The lowest BCUT2D eigenvalue weighted by atomic mass is 10.0. The van der Waals surface area contributed by atoms with Gasteiger partial charge in [-0.3, -0.25) is 14.5 Å². The Morgan fingerprint density at radius 1 is 0.844 bits per heavy atom. The molecule has 0 atom stereocenters. The lowest BCUT2D eigenvalue weighted by Gasteiger charge is -2.16. The van der Waals surface area contributed by atoms with Gasteiger partial charge in [0.2, 0.25) is 0 Å². The summed E-state index contributed by atoms with van der Waals surface area (Å²) in [7, 11) is 3.89. The molecule has 0 saturated heterocycles. The smallest absolute Gasteiger partial charge is 0.278 e. The van der Waals surface area contributed by atoms with E-state index < -0.39 is 5.82 Å². The fourth-order valence-electron chi connectivity index (χ4n) is 3.65. The van der Waals surface area contributed by atoms with E-state index in [1.165, 1.54) is 29.2 Å². The molecule has 1 aliphatic rings. The van der Waals surface area contributed by atoms with Crippen LogP contribution in [0.5, 0.6) is 0 Å². The number of halogens is 1. The van der Waals surface area contributed by atoms with Gasteiger partial charge < -0.3 is 10.2 Å². The molecule has 3 aromatic rings. The Kier molecular flexibility index (Phi) is 6.03. The van der Waals surface area contributed by atoms with Gasteiger partial charge in [-0.2, -0.15) is 0 Å². The second-order valence-electron chi connectivity index (χ2n) is 7.82. The van der Waals surface area contributed by atoms with Gasteiger partial charge in [0.15, 0.2) is 0 Å². The van der Waals surface area contributed by atoms with Crippen molar-refractivity contribution in [2.75, 3.05) is 30.9 Å². The molecule has 0 aliphatic carbocycles. The highest BCUT2D eigenvalue weighted by Crippen LogP contribution is 2.31. The van der Waals surface area contributed by atoms with E-state index >= 15 is 0 Å². The van der Waals surface area contributed by atoms with Crippen LogP contribution in [0.3, 0.4) is 0 Å². The Balaban J connectivity index is 1.65. The molecule has 0 fully saturated rings. The molecule has 32 heavy (non-hydrogen) atoms. The zero-order valence-corrected chi connectivity index (χ0v) is 18.0. The van der Waals surface area contributed by atoms with E-state index in [2.05, 4.69) is 5.32 Å². The number of nitrogens with zero attached hydrogens (tertiary/aromatic N) is 2. The fourth-order valence-corrected chi connectivity index (χ4v) is 3.65. The predicted octanol–water partition coefficient (Wildman–Crippen LogP) is 4.33. The van der Waals surface area contributed by atoms with E-state index in [1.807, 2.05) is 73.6 Å². The van der Waals surface area contributed by atoms with Crippen molar-refractivity contribution in [3.05, 3.63) is 102 Å². The number of rotatable bonds is 7. The Bertz CT molecular complexity index is 1150. The van der Waals surface area contributed by atoms with Crippen LogP contribution < -0.4 is 10.2 Å². The summed E-state index contributed by atoms with van der Waals surface area (Å²) in [6.07, 6.45) is 0.555. The third-order valence-electron chi connectivity index (χ3n) is 5.42. The molecule has 162 valence electrons. The quantitative estimate of drug-likeness (QED) is 0.568. The molecule has 0 spiro atoms. The number of nitrogens with one attached hydrogen (secondary N) is 1. The first-order chi connectivity index (χ1) is 15.4. The Hall–Kier alpha value is -3.93. The van der Waals surface area contributed by atoms with Gasteiger partial charge in [0.25, 0.3) is 11.8 Å². The van der Waals surface area contributed by atoms with Crippen LogP contribution in [0.15, 0.2) is 84.6 Å². The minimum Gasteiger partial charge on any atom is -0.378 e. The molecule has 1 N–H and O–H groups in total. The van der Waals surface area contributed by atoms with Gasteiger partial charge in [-0.15, -0.1) is 0 Å². The van der Waals surface area contributed by atoms with Crippen LogP contribution in [-0.2, 0) is 16.0 Å². The number of amides is 2. The first-order valence-electron chi connectivity index (χ1n) is 10.4. The Morgan fingerprint density at radius 2 is 1.50 bits per heavy atom. The molecule has 0 unspecified atom stereocenters. The van der Waals surface area contributed by atoms with Gasteiger partial charge in [0.05, 0.1) is 5.57 Å². The van der Waals surface area contributed by atoms with E-state index in [0.717, 1.165) is 11.3 Å². The maximum absolute atomic E-state index is 13.5. The van der Waals surface area contributed by atoms with Crippen molar-refractivity contribution >= 4 is 28.8 Å². The average Bonchev–Trinajstić information content (AvgIpc) is 3.03. The molecule has 6 heteroatoms. The topological polar surface area (TPSA) is 52.7 Å². The van der Waals surface area contributed by atoms with Crippen molar-refractivity contribution in [1.29, 1.82) is 0 Å². The van der Waals surface area contributed by atoms with E-state index in [-0.39, 0.29) is 29.6 Å². The fraction of sp³-hybridized carbons (Fsp3) is 0.154. The second-order valence-corrected chi connectivity index (χ2v) is 7.82. The molecule has 0 radical (unpaired) electrons. The molecule has 0 aromatic heterocycles. The van der Waals surface area contributed by atoms with Crippen LogP contribution in [0.2, 0.25) is 0 Å². The van der Waals surface area contributed by atoms with Crippen molar-refractivity contribution in [2.45, 2.75) is 6.42 Å². The number of hydrogen-bond donors (Lipinski definition) is 1. The summed E-state index contributed by atoms with van der Waals surface area (Å²) in [5, 5.41) is 3.13. The highest BCUT2D eigenvalue weighted by atomic mass is 19.1. The molecule has 4 rings (SSSR count). The first kappa shape index (κ1) is 21.3. The number of anilines is 2. The third-order valence-corrected chi connectivity index (χ3v) is 5.42. The summed E-state index contributed by atoms with van der Waals surface area (Å²) in [6.45, 7) is 0.261. The van der Waals surface area contributed by atoms with Crippen molar-refractivity contribution in [2.24, 2.45) is 0 Å². The Labute approximate surface area is 186 Å². The molecular formula is C26H24FN3O2. The second kappa shape index (κ2) is 9.06. The highest BCUT2D eigenvalue weighted by Gasteiger charge is 2.38. The zero-order valence-electron chi connectivity index (χ0n) is 18.0. The van der Waals surface area contributed by atoms with Crippen LogP contribution in [0.25, 0.3) is 5.57 Å². The van der Waals surface area contributed by atoms with Crippen LogP contribution in [0, 0.1) is 5.82 Å². The molecular weight excluding hydrogens is 405 g/mol. The summed E-state index contributed by atoms with van der Waals surface area (Å²) in [4.78, 5) is 29.8. The minimum atomic E-state index is -0.402. The van der Waals surface area contributed by atoms with E-state index in [1.54, 1.807) is 0 Å². The lowest BCUT2D eigenvalue weighted by molar-refractivity contribution is -0.136. The van der Waals surface area contributed by atoms with Crippen LogP contribution in [-0.4, -0.2) is 37.4 Å². The Morgan fingerprint density at radius 3 is 2.12 bits per heavy atom. The maximum Gasteiger partial charge on any atom is 0.278 e. The molecule has 2 amide bonds. The van der Waals surface area contributed by atoms with Gasteiger partial charge in [-0.1, -0.05) is 42.5 Å². The zero-order chi connectivity index (χ0) is 22.7. The molecule has 1 heterocycles. The summed E-state index contributed by atoms with van der Waals surface area (Å²) in [5.41, 5.74) is 3.70. The van der Waals surface area contributed by atoms with Crippen LogP contribution in [0.4, 0.5) is 15.8 Å². The molecule has 0 bridgehead atoms. The maximum atomic E-state index is 13.5. The summed E-state index contributed by atoms with van der Waals surface area (Å²) in [5.74, 6) is -1.17. The summed E-state index contributed by atoms with van der Waals surface area (Å²) < 4.78 is 13.5. The van der Waals surface area contributed by atoms with Gasteiger partial charge in [0, 0.05) is 32.0 Å². The van der Waals surface area contributed by atoms with Gasteiger partial charge in [0.1, 0.15) is 11.5 Å². The van der Waals surface area contributed by atoms with Crippen molar-refractivity contribution < 1.29 is 14.0 Å². The molecule has 3 aromatic carbocycles. The average molecular weight is 429 g/mol. The molecule has 0 saturated carbocycles. The highest BCUT2D eigenvalue weighted by molar-refractivity contribution is 6.36. The lowest BCUT2D eigenvalue weighted by Crippen LogP contribution is -2.34. The van der Waals surface area contributed by atoms with E-state index in [9.17, 15) is 14.0 Å². The first-order valence-corrected chi connectivity index (χ1v) is 10.4. The van der Waals surface area contributed by atoms with Crippen LogP contribution >= 0.6 is 0 Å². The number of imide groups is 1. The normalized spacial score (nSPS) is 13.7. The van der Waals surface area contributed by atoms with Gasteiger partial charge in [-0.25, -0.2) is 4.39 Å². The van der Waals surface area contributed by atoms with Crippen LogP contribution in [0.1, 0.15) is 11.1 Å². The largest absolute Gasteiger partial charge is 0.378 e. The third kappa shape index (κ3) is 4.39. The number of carbonyl (C=O) groups is 2. The van der Waals surface area contributed by atoms with Gasteiger partial charge in [-0.05, 0) is 53.9 Å². The minimum absolute atomic E-state index is 0.201. The van der Waals surface area contributed by atoms with Gasteiger partial charge >= 0.3 is 0 Å². The number of hydrogen-bond acceptors (Lipinski definition) is 4. The van der Waals surface area contributed by atoms with E-state index in [4.69, 9.17) is 0 Å². The number of carbonyl (C=O) groups excluding carboxylic acids is 2. The van der Waals surface area contributed by atoms with Crippen molar-refractivity contribution in [3.8, 4) is 0 Å². The molecule has 1 aliphatic heterocycles. The SMILES string of the molecule is CN(C)c1ccc(NC2=C(c3ccc(F)cc3)C(=O)N(CCc3ccccc3)C2=O)cc1. The van der Waals surface area contributed by atoms with E-state index in [0.29, 0.717) is 17.7 Å². The predicted molar refractivity (Wildman–Crippen MR) is 125 cm³/mol. The van der Waals surface area contributed by atoms with Crippen molar-refractivity contribution in [1.82, 2.24) is 4.90 Å². The number of benzene rings is 3. The molecule has 5 nitrogen and oxygen atoms in total. The van der Waals surface area contributed by atoms with Crippen molar-refractivity contribution in [3.63, 3.8) is 0 Å². The monoisotopic (exact) mass is 429 g/mol. The summed E-state index contributed by atoms with van der Waals surface area (Å²) >= 11 is 0.